The lowest BCUT2D eigenvalue weighted by atomic mass is 10.2. The van der Waals surface area contributed by atoms with Crippen LogP contribution in [0.5, 0.6) is 0 Å². The van der Waals surface area contributed by atoms with E-state index in [-0.39, 0.29) is 17.5 Å². The number of carbonyl (C=O) groups is 3. The third-order valence-electron chi connectivity index (χ3n) is 5.49. The molecule has 1 saturated heterocycles. The fraction of sp³-hybridized carbons (Fsp3) is 0.292. The van der Waals surface area contributed by atoms with E-state index in [4.69, 9.17) is 4.74 Å². The van der Waals surface area contributed by atoms with E-state index in [2.05, 4.69) is 25.7 Å². The van der Waals surface area contributed by atoms with E-state index >= 15 is 0 Å². The number of aromatic nitrogens is 3. The molecule has 2 aromatic heterocycles. The molecular formula is C24H27N7O4. The van der Waals surface area contributed by atoms with Gasteiger partial charge < -0.3 is 19.9 Å². The average molecular weight is 478 g/mol. The van der Waals surface area contributed by atoms with E-state index < -0.39 is 5.97 Å². The Bertz CT molecular complexity index is 1200. The molecule has 0 saturated carbocycles. The number of hydrogen-bond acceptors (Lipinski definition) is 8. The highest BCUT2D eigenvalue weighted by atomic mass is 16.5. The van der Waals surface area contributed by atoms with Gasteiger partial charge in [-0.05, 0) is 43.3 Å². The molecule has 0 bridgehead atoms. The summed E-state index contributed by atoms with van der Waals surface area (Å²) >= 11 is 0. The smallest absolute Gasteiger partial charge is 0.338 e. The second-order valence-electron chi connectivity index (χ2n) is 7.91. The van der Waals surface area contributed by atoms with Crippen LogP contribution in [-0.4, -0.2) is 70.3 Å². The second-order valence-corrected chi connectivity index (χ2v) is 7.91. The molecule has 11 nitrogen and oxygen atoms in total. The Labute approximate surface area is 202 Å². The largest absolute Gasteiger partial charge is 0.462 e. The van der Waals surface area contributed by atoms with Gasteiger partial charge >= 0.3 is 5.97 Å². The molecule has 1 aliphatic rings. The summed E-state index contributed by atoms with van der Waals surface area (Å²) < 4.78 is 5.02. The Balaban J connectivity index is 1.33. The van der Waals surface area contributed by atoms with Crippen LogP contribution in [-0.2, 0) is 9.53 Å². The van der Waals surface area contributed by atoms with Gasteiger partial charge in [-0.1, -0.05) is 6.07 Å². The van der Waals surface area contributed by atoms with Crippen LogP contribution in [0.25, 0.3) is 0 Å². The third-order valence-corrected chi connectivity index (χ3v) is 5.49. The number of ether oxygens (including phenoxy) is 1. The summed E-state index contributed by atoms with van der Waals surface area (Å²) in [5.74, 6) is 0.0910. The van der Waals surface area contributed by atoms with Crippen LogP contribution in [0.15, 0.2) is 54.9 Å². The van der Waals surface area contributed by atoms with Gasteiger partial charge in [0.2, 0.25) is 5.91 Å². The fourth-order valence-electron chi connectivity index (χ4n) is 3.66. The van der Waals surface area contributed by atoms with E-state index in [1.807, 2.05) is 11.0 Å². The number of nitrogens with one attached hydrogen (secondary N) is 2. The number of esters is 1. The molecule has 0 unspecified atom stereocenters. The van der Waals surface area contributed by atoms with E-state index in [0.29, 0.717) is 49.7 Å². The molecule has 3 aromatic rings. The molecular weight excluding hydrogens is 450 g/mol. The molecule has 1 fully saturated rings. The molecule has 4 rings (SSSR count). The van der Waals surface area contributed by atoms with Gasteiger partial charge in [0.1, 0.15) is 5.82 Å². The van der Waals surface area contributed by atoms with Crippen molar-refractivity contribution in [1.29, 1.82) is 0 Å². The van der Waals surface area contributed by atoms with Gasteiger partial charge in [0.15, 0.2) is 5.69 Å². The minimum Gasteiger partial charge on any atom is -0.462 e. The topological polar surface area (TPSA) is 122 Å². The zero-order valence-electron chi connectivity index (χ0n) is 19.6. The maximum atomic E-state index is 12.6. The Hall–Kier alpha value is -4.41. The standard InChI is InChI=1S/C24H27N7O4/c1-3-35-24(34)18-5-4-6-19(15-18)27-31-10-9-21(28-31)23(33)26-20-7-8-22(25-16-20)30-13-11-29(12-14-30)17(2)32/h4-10,15-16,27H,3,11-14H2,1-2H3,(H,26,33). The first-order chi connectivity index (χ1) is 16.9. The summed E-state index contributed by atoms with van der Waals surface area (Å²) in [5, 5.41) is 7.03. The van der Waals surface area contributed by atoms with Gasteiger partial charge in [0, 0.05) is 39.3 Å². The van der Waals surface area contributed by atoms with E-state index in [0.717, 1.165) is 5.82 Å². The number of benzene rings is 1. The Kier molecular flexibility index (Phi) is 7.24. The van der Waals surface area contributed by atoms with E-state index in [1.54, 1.807) is 62.6 Å². The molecule has 35 heavy (non-hydrogen) atoms. The van der Waals surface area contributed by atoms with Gasteiger partial charge in [-0.25, -0.2) is 9.78 Å². The summed E-state index contributed by atoms with van der Waals surface area (Å²) in [6.45, 7) is 6.38. The van der Waals surface area contributed by atoms with E-state index in [9.17, 15) is 14.4 Å². The van der Waals surface area contributed by atoms with Crippen LogP contribution in [0.2, 0.25) is 0 Å². The van der Waals surface area contributed by atoms with Crippen molar-refractivity contribution in [3.05, 3.63) is 66.1 Å². The Morgan fingerprint density at radius 1 is 1.03 bits per heavy atom. The number of nitrogens with zero attached hydrogens (tertiary/aromatic N) is 5. The third kappa shape index (κ3) is 5.94. The molecule has 2 N–H and O–H groups in total. The predicted molar refractivity (Wildman–Crippen MR) is 130 cm³/mol. The zero-order valence-corrected chi connectivity index (χ0v) is 19.6. The van der Waals surface area contributed by atoms with Crippen LogP contribution in [0.4, 0.5) is 17.2 Å². The number of anilines is 3. The first-order valence-electron chi connectivity index (χ1n) is 11.3. The molecule has 0 aliphatic carbocycles. The molecule has 3 heterocycles. The molecule has 11 heteroatoms. The highest BCUT2D eigenvalue weighted by Crippen LogP contribution is 2.17. The maximum Gasteiger partial charge on any atom is 0.338 e. The minimum atomic E-state index is -0.408. The van der Waals surface area contributed by atoms with Gasteiger partial charge in [-0.15, -0.1) is 5.10 Å². The predicted octanol–water partition coefficient (Wildman–Crippen LogP) is 2.25. The van der Waals surface area contributed by atoms with Crippen molar-refractivity contribution in [2.24, 2.45) is 0 Å². The first-order valence-corrected chi connectivity index (χ1v) is 11.3. The SMILES string of the molecule is CCOC(=O)c1cccc(Nn2ccc(C(=O)Nc3ccc(N4CCN(C(C)=O)CC4)nc3)n2)c1. The molecule has 182 valence electrons. The highest BCUT2D eigenvalue weighted by molar-refractivity contribution is 6.02. The van der Waals surface area contributed by atoms with Gasteiger partial charge in [-0.3, -0.25) is 15.0 Å². The summed E-state index contributed by atoms with van der Waals surface area (Å²) in [4.78, 5) is 45.8. The zero-order chi connectivity index (χ0) is 24.8. The lowest BCUT2D eigenvalue weighted by Crippen LogP contribution is -2.48. The van der Waals surface area contributed by atoms with Crippen LogP contribution in [0.1, 0.15) is 34.7 Å². The van der Waals surface area contributed by atoms with Crippen LogP contribution in [0, 0.1) is 0 Å². The van der Waals surface area contributed by atoms with Gasteiger partial charge in [-0.2, -0.15) is 4.79 Å². The molecule has 0 radical (unpaired) electrons. The second kappa shape index (κ2) is 10.7. The van der Waals surface area contributed by atoms with Gasteiger partial charge in [0.25, 0.3) is 5.91 Å². The number of carbonyl (C=O) groups excluding carboxylic acids is 3. The lowest BCUT2D eigenvalue weighted by Gasteiger charge is -2.34. The maximum absolute atomic E-state index is 12.6. The summed E-state index contributed by atoms with van der Waals surface area (Å²) in [7, 11) is 0. The van der Waals surface area contributed by atoms with Gasteiger partial charge in [0.05, 0.1) is 29.7 Å². The molecule has 1 aliphatic heterocycles. The Morgan fingerprint density at radius 2 is 1.83 bits per heavy atom. The van der Waals surface area contributed by atoms with Crippen LogP contribution in [0.3, 0.4) is 0 Å². The van der Waals surface area contributed by atoms with Crippen LogP contribution < -0.4 is 15.6 Å². The fourth-order valence-corrected chi connectivity index (χ4v) is 3.66. The number of piperazine rings is 1. The number of hydrogen-bond donors (Lipinski definition) is 2. The summed E-state index contributed by atoms with van der Waals surface area (Å²) in [5.41, 5.74) is 4.80. The first kappa shape index (κ1) is 23.7. The number of pyridine rings is 1. The summed E-state index contributed by atoms with van der Waals surface area (Å²) in [6.07, 6.45) is 3.20. The number of rotatable bonds is 7. The van der Waals surface area contributed by atoms with Crippen molar-refractivity contribution in [2.45, 2.75) is 13.8 Å². The Morgan fingerprint density at radius 3 is 2.51 bits per heavy atom. The highest BCUT2D eigenvalue weighted by Gasteiger charge is 2.19. The quantitative estimate of drug-likeness (QED) is 0.497. The summed E-state index contributed by atoms with van der Waals surface area (Å²) in [6, 6.07) is 12.0. The minimum absolute atomic E-state index is 0.0819. The average Bonchev–Trinajstić information content (AvgIpc) is 3.33. The number of amides is 2. The molecule has 2 amide bonds. The van der Waals surface area contributed by atoms with Crippen molar-refractivity contribution in [3.8, 4) is 0 Å². The normalized spacial score (nSPS) is 13.3. The van der Waals surface area contributed by atoms with Crippen molar-refractivity contribution < 1.29 is 19.1 Å². The van der Waals surface area contributed by atoms with Crippen molar-refractivity contribution >= 4 is 35.0 Å². The monoisotopic (exact) mass is 477 g/mol. The molecule has 0 atom stereocenters. The lowest BCUT2D eigenvalue weighted by molar-refractivity contribution is -0.129. The van der Waals surface area contributed by atoms with Crippen LogP contribution >= 0.6 is 0 Å². The van der Waals surface area contributed by atoms with Crippen molar-refractivity contribution in [2.75, 3.05) is 48.4 Å². The molecule has 0 spiro atoms. The van der Waals surface area contributed by atoms with E-state index in [1.165, 1.54) is 4.79 Å². The van der Waals surface area contributed by atoms with Crippen molar-refractivity contribution in [3.63, 3.8) is 0 Å². The molecule has 1 aromatic carbocycles. The van der Waals surface area contributed by atoms with Crippen molar-refractivity contribution in [1.82, 2.24) is 19.8 Å².